The number of aromatic nitrogens is 5. The van der Waals surface area contributed by atoms with E-state index >= 15 is 0 Å². The number of hydrogen-bond donors (Lipinski definition) is 2. The highest BCUT2D eigenvalue weighted by molar-refractivity contribution is 5.94. The van der Waals surface area contributed by atoms with Gasteiger partial charge in [0.15, 0.2) is 11.6 Å². The van der Waals surface area contributed by atoms with Crippen molar-refractivity contribution in [3.05, 3.63) is 60.4 Å². The molecule has 24 heavy (non-hydrogen) atoms. The monoisotopic (exact) mass is 327 g/mol. The molecule has 0 fully saturated rings. The number of nitrogens with zero attached hydrogens (tertiary/aromatic N) is 5. The third kappa shape index (κ3) is 3.69. The van der Waals surface area contributed by atoms with Crippen LogP contribution in [0.15, 0.2) is 49.1 Å². The van der Waals surface area contributed by atoms with Gasteiger partial charge in [-0.2, -0.15) is 5.10 Å². The molecule has 0 aliphatic heterocycles. The van der Waals surface area contributed by atoms with Gasteiger partial charge >= 0.3 is 0 Å². The van der Waals surface area contributed by atoms with Crippen molar-refractivity contribution in [2.24, 2.45) is 0 Å². The summed E-state index contributed by atoms with van der Waals surface area (Å²) in [5.41, 5.74) is -0.0339. The van der Waals surface area contributed by atoms with Crippen LogP contribution in [0.5, 0.6) is 0 Å². The Morgan fingerprint density at radius 3 is 2.79 bits per heavy atom. The zero-order valence-electron chi connectivity index (χ0n) is 12.6. The number of hydrogen-bond acceptors (Lipinski definition) is 6. The van der Waals surface area contributed by atoms with Crippen molar-refractivity contribution >= 4 is 11.7 Å². The van der Waals surface area contributed by atoms with Gasteiger partial charge in [-0.25, -0.2) is 9.07 Å². The quantitative estimate of drug-likeness (QED) is 0.657. The van der Waals surface area contributed by atoms with E-state index in [-0.39, 0.29) is 5.56 Å². The lowest BCUT2D eigenvalue weighted by Gasteiger charge is -2.08. The van der Waals surface area contributed by atoms with E-state index in [2.05, 4.69) is 30.9 Å². The summed E-state index contributed by atoms with van der Waals surface area (Å²) in [6.45, 7) is 0.734. The molecular weight excluding hydrogens is 313 g/mol. The van der Waals surface area contributed by atoms with Crippen molar-refractivity contribution in [1.82, 2.24) is 30.3 Å². The number of carbonyl (C=O) groups is 1. The second-order valence-corrected chi connectivity index (χ2v) is 4.77. The Morgan fingerprint density at radius 1 is 1.17 bits per heavy atom. The Labute approximate surface area is 136 Å². The standard InChI is InChI=1S/C15H14FN7O/c16-12-10-17-6-4-11(12)15(24)19-8-7-18-13-2-3-14(22-21-13)23-9-1-5-20-23/h1-6,9-10H,7-8H2,(H,18,21)(H,19,24). The lowest BCUT2D eigenvalue weighted by molar-refractivity contribution is 0.0951. The van der Waals surface area contributed by atoms with E-state index in [1.807, 2.05) is 0 Å². The van der Waals surface area contributed by atoms with Crippen molar-refractivity contribution in [3.8, 4) is 5.82 Å². The predicted molar refractivity (Wildman–Crippen MR) is 84.2 cm³/mol. The summed E-state index contributed by atoms with van der Waals surface area (Å²) in [6, 6.07) is 6.65. The number of rotatable bonds is 6. The maximum absolute atomic E-state index is 13.4. The molecule has 3 aromatic rings. The number of amides is 1. The highest BCUT2D eigenvalue weighted by Crippen LogP contribution is 2.05. The molecule has 1 amide bonds. The molecule has 0 aliphatic carbocycles. The van der Waals surface area contributed by atoms with Gasteiger partial charge in [-0.15, -0.1) is 10.2 Å². The van der Waals surface area contributed by atoms with Crippen LogP contribution >= 0.6 is 0 Å². The van der Waals surface area contributed by atoms with Crippen molar-refractivity contribution in [2.45, 2.75) is 0 Å². The summed E-state index contributed by atoms with van der Waals surface area (Å²) in [4.78, 5) is 15.4. The van der Waals surface area contributed by atoms with Gasteiger partial charge in [0.1, 0.15) is 5.82 Å². The Bertz CT molecular complexity index is 805. The largest absolute Gasteiger partial charge is 0.367 e. The van der Waals surface area contributed by atoms with E-state index in [4.69, 9.17) is 0 Å². The minimum atomic E-state index is -0.650. The number of nitrogens with one attached hydrogen (secondary N) is 2. The first-order valence-electron chi connectivity index (χ1n) is 7.19. The van der Waals surface area contributed by atoms with Crippen LogP contribution in [0.4, 0.5) is 10.2 Å². The van der Waals surface area contributed by atoms with E-state index in [0.717, 1.165) is 6.20 Å². The average molecular weight is 327 g/mol. The molecule has 0 atom stereocenters. The van der Waals surface area contributed by atoms with E-state index in [9.17, 15) is 9.18 Å². The van der Waals surface area contributed by atoms with Crippen molar-refractivity contribution in [1.29, 1.82) is 0 Å². The molecule has 3 aromatic heterocycles. The Kier molecular flexibility index (Phi) is 4.70. The van der Waals surface area contributed by atoms with E-state index in [1.165, 1.54) is 12.3 Å². The molecular formula is C15H14FN7O. The molecule has 0 bridgehead atoms. The Morgan fingerprint density at radius 2 is 2.08 bits per heavy atom. The van der Waals surface area contributed by atoms with Gasteiger partial charge in [-0.1, -0.05) is 0 Å². The van der Waals surface area contributed by atoms with Gasteiger partial charge in [0.25, 0.3) is 5.91 Å². The maximum Gasteiger partial charge on any atom is 0.254 e. The molecule has 0 unspecified atom stereocenters. The van der Waals surface area contributed by atoms with Crippen LogP contribution in [0.2, 0.25) is 0 Å². The van der Waals surface area contributed by atoms with E-state index in [0.29, 0.717) is 24.7 Å². The normalized spacial score (nSPS) is 10.4. The predicted octanol–water partition coefficient (Wildman–Crippen LogP) is 1.04. The third-order valence-corrected chi connectivity index (χ3v) is 3.12. The second-order valence-electron chi connectivity index (χ2n) is 4.77. The molecule has 0 aromatic carbocycles. The van der Waals surface area contributed by atoms with Gasteiger partial charge in [-0.05, 0) is 24.3 Å². The van der Waals surface area contributed by atoms with Crippen LogP contribution in [-0.2, 0) is 0 Å². The lowest BCUT2D eigenvalue weighted by atomic mass is 10.2. The Hall–Kier alpha value is -3.36. The minimum absolute atomic E-state index is 0.0339. The Balaban J connectivity index is 1.47. The second kappa shape index (κ2) is 7.27. The molecule has 9 heteroatoms. The molecule has 0 radical (unpaired) electrons. The fraction of sp³-hybridized carbons (Fsp3) is 0.133. The molecule has 0 saturated heterocycles. The first kappa shape index (κ1) is 15.5. The number of carbonyl (C=O) groups excluding carboxylic acids is 1. The fourth-order valence-corrected chi connectivity index (χ4v) is 1.97. The van der Waals surface area contributed by atoms with Crippen molar-refractivity contribution in [3.63, 3.8) is 0 Å². The summed E-state index contributed by atoms with van der Waals surface area (Å²) in [5.74, 6) is 0.0297. The number of pyridine rings is 1. The van der Waals surface area contributed by atoms with Gasteiger partial charge in [0, 0.05) is 31.7 Å². The van der Waals surface area contributed by atoms with Gasteiger partial charge < -0.3 is 10.6 Å². The topological polar surface area (TPSA) is 97.6 Å². The number of anilines is 1. The van der Waals surface area contributed by atoms with Crippen LogP contribution in [0.25, 0.3) is 5.82 Å². The summed E-state index contributed by atoms with van der Waals surface area (Å²) in [6.07, 6.45) is 5.80. The van der Waals surface area contributed by atoms with E-state index < -0.39 is 11.7 Å². The van der Waals surface area contributed by atoms with Crippen LogP contribution in [0.1, 0.15) is 10.4 Å². The summed E-state index contributed by atoms with van der Waals surface area (Å²) < 4.78 is 15.0. The lowest BCUT2D eigenvalue weighted by Crippen LogP contribution is -2.29. The van der Waals surface area contributed by atoms with Gasteiger partial charge in [-0.3, -0.25) is 9.78 Å². The molecule has 2 N–H and O–H groups in total. The molecule has 3 heterocycles. The average Bonchev–Trinajstić information content (AvgIpc) is 3.14. The fourth-order valence-electron chi connectivity index (χ4n) is 1.97. The van der Waals surface area contributed by atoms with Gasteiger partial charge in [0.05, 0.1) is 11.8 Å². The minimum Gasteiger partial charge on any atom is -0.367 e. The van der Waals surface area contributed by atoms with Crippen LogP contribution in [0.3, 0.4) is 0 Å². The van der Waals surface area contributed by atoms with Crippen LogP contribution < -0.4 is 10.6 Å². The summed E-state index contributed by atoms with van der Waals surface area (Å²) in [7, 11) is 0. The molecule has 122 valence electrons. The van der Waals surface area contributed by atoms with E-state index in [1.54, 1.807) is 35.3 Å². The molecule has 3 rings (SSSR count). The van der Waals surface area contributed by atoms with Crippen LogP contribution in [0, 0.1) is 5.82 Å². The zero-order valence-corrected chi connectivity index (χ0v) is 12.6. The number of halogens is 1. The molecule has 8 nitrogen and oxygen atoms in total. The highest BCUT2D eigenvalue weighted by atomic mass is 19.1. The highest BCUT2D eigenvalue weighted by Gasteiger charge is 2.10. The molecule has 0 spiro atoms. The molecule has 0 saturated carbocycles. The zero-order chi connectivity index (χ0) is 16.8. The van der Waals surface area contributed by atoms with Crippen LogP contribution in [-0.4, -0.2) is 44.0 Å². The first-order chi connectivity index (χ1) is 11.7. The SMILES string of the molecule is O=C(NCCNc1ccc(-n2cccn2)nn1)c1ccncc1F. The summed E-state index contributed by atoms with van der Waals surface area (Å²) in [5, 5.41) is 17.7. The smallest absolute Gasteiger partial charge is 0.254 e. The first-order valence-corrected chi connectivity index (χ1v) is 7.19. The summed E-state index contributed by atoms with van der Waals surface area (Å²) >= 11 is 0. The maximum atomic E-state index is 13.4. The van der Waals surface area contributed by atoms with Crippen molar-refractivity contribution in [2.75, 3.05) is 18.4 Å². The van der Waals surface area contributed by atoms with Crippen molar-refractivity contribution < 1.29 is 9.18 Å². The third-order valence-electron chi connectivity index (χ3n) is 3.12. The van der Waals surface area contributed by atoms with Gasteiger partial charge in [0.2, 0.25) is 0 Å². The molecule has 0 aliphatic rings.